The second-order valence-electron chi connectivity index (χ2n) is 9.99. The highest BCUT2D eigenvalue weighted by Crippen LogP contribution is 2.45. The SMILES string of the molecule is COC(=O)c1sc(N2C(=O)C(=O)C(=C(O)c3ccc(OCc4cccc(C)c4)cc3)C2c2ccc(OC)c(OC)c2)nc1C. The van der Waals surface area contributed by atoms with Gasteiger partial charge in [0.2, 0.25) is 0 Å². The number of esters is 1. The molecule has 226 valence electrons. The van der Waals surface area contributed by atoms with Gasteiger partial charge in [0.15, 0.2) is 16.6 Å². The number of rotatable bonds is 9. The second-order valence-corrected chi connectivity index (χ2v) is 11.0. The van der Waals surface area contributed by atoms with Gasteiger partial charge in [-0.15, -0.1) is 0 Å². The fourth-order valence-corrected chi connectivity index (χ4v) is 5.98. The van der Waals surface area contributed by atoms with Crippen molar-refractivity contribution in [1.29, 1.82) is 0 Å². The van der Waals surface area contributed by atoms with Crippen LogP contribution in [0.15, 0.2) is 72.3 Å². The van der Waals surface area contributed by atoms with Gasteiger partial charge in [-0.25, -0.2) is 9.78 Å². The van der Waals surface area contributed by atoms with Crippen LogP contribution in [-0.2, 0) is 20.9 Å². The number of aryl methyl sites for hydroxylation is 2. The molecule has 0 radical (unpaired) electrons. The fourth-order valence-electron chi connectivity index (χ4n) is 4.97. The first-order valence-electron chi connectivity index (χ1n) is 13.5. The Morgan fingerprint density at radius 2 is 1.68 bits per heavy atom. The number of amides is 1. The number of ketones is 1. The Bertz CT molecular complexity index is 1780. The molecule has 1 atom stereocenters. The number of hydrogen-bond acceptors (Lipinski definition) is 10. The van der Waals surface area contributed by atoms with E-state index < -0.39 is 23.7 Å². The largest absolute Gasteiger partial charge is 0.507 e. The summed E-state index contributed by atoms with van der Waals surface area (Å²) >= 11 is 0.918. The van der Waals surface area contributed by atoms with E-state index in [0.29, 0.717) is 40.7 Å². The standard InChI is InChI=1S/C33H30N2O8S/c1-18-7-6-8-20(15-18)17-43-23-12-9-21(10-13-23)28(36)26-27(22-11-14-24(40-3)25(16-22)41-4)35(31(38)29(26)37)33-34-19(2)30(44-33)32(39)42-5/h6-16,27,36H,17H2,1-5H3. The van der Waals surface area contributed by atoms with Crippen LogP contribution in [0.5, 0.6) is 17.2 Å². The molecule has 11 heteroatoms. The number of methoxy groups -OCH3 is 3. The van der Waals surface area contributed by atoms with Gasteiger partial charge in [-0.2, -0.15) is 0 Å². The Morgan fingerprint density at radius 1 is 0.955 bits per heavy atom. The van der Waals surface area contributed by atoms with Gasteiger partial charge < -0.3 is 24.1 Å². The van der Waals surface area contributed by atoms with Crippen molar-refractivity contribution in [3.05, 3.63) is 105 Å². The first kappa shape index (κ1) is 30.3. The van der Waals surface area contributed by atoms with Crippen molar-refractivity contribution in [1.82, 2.24) is 4.98 Å². The predicted molar refractivity (Wildman–Crippen MR) is 164 cm³/mol. The summed E-state index contributed by atoms with van der Waals surface area (Å²) in [5, 5.41) is 11.6. The molecule has 1 aromatic heterocycles. The molecule has 0 spiro atoms. The topological polar surface area (TPSA) is 124 Å². The van der Waals surface area contributed by atoms with Gasteiger partial charge in [0, 0.05) is 5.56 Å². The molecular weight excluding hydrogens is 584 g/mol. The molecule has 3 aromatic carbocycles. The maximum absolute atomic E-state index is 13.6. The van der Waals surface area contributed by atoms with Gasteiger partial charge in [-0.05, 0) is 61.4 Å². The zero-order valence-electron chi connectivity index (χ0n) is 24.7. The van der Waals surface area contributed by atoms with Gasteiger partial charge in [0.1, 0.15) is 23.0 Å². The predicted octanol–water partition coefficient (Wildman–Crippen LogP) is 5.77. The number of aromatic nitrogens is 1. The van der Waals surface area contributed by atoms with Gasteiger partial charge in [-0.3, -0.25) is 14.5 Å². The zero-order chi connectivity index (χ0) is 31.5. The van der Waals surface area contributed by atoms with Gasteiger partial charge >= 0.3 is 11.9 Å². The summed E-state index contributed by atoms with van der Waals surface area (Å²) in [5.74, 6) is -1.45. The third kappa shape index (κ3) is 5.73. The Balaban J connectivity index is 1.57. The average molecular weight is 615 g/mol. The van der Waals surface area contributed by atoms with E-state index in [1.807, 2.05) is 31.2 Å². The molecule has 2 heterocycles. The van der Waals surface area contributed by atoms with Crippen LogP contribution in [0.25, 0.3) is 5.76 Å². The summed E-state index contributed by atoms with van der Waals surface area (Å²) in [7, 11) is 4.20. The zero-order valence-corrected chi connectivity index (χ0v) is 25.6. The van der Waals surface area contributed by atoms with Crippen molar-refractivity contribution in [2.75, 3.05) is 26.2 Å². The summed E-state index contributed by atoms with van der Waals surface area (Å²) in [4.78, 5) is 45.3. The van der Waals surface area contributed by atoms with Crippen LogP contribution < -0.4 is 19.1 Å². The smallest absolute Gasteiger partial charge is 0.350 e. The number of thiazole rings is 1. The van der Waals surface area contributed by atoms with Gasteiger partial charge in [0.05, 0.1) is 38.6 Å². The molecule has 1 amide bonds. The summed E-state index contributed by atoms with van der Waals surface area (Å²) in [6.45, 7) is 3.98. The number of anilines is 1. The third-order valence-corrected chi connectivity index (χ3v) is 8.28. The molecule has 5 rings (SSSR count). The van der Waals surface area contributed by atoms with E-state index in [9.17, 15) is 19.5 Å². The number of carbonyl (C=O) groups excluding carboxylic acids is 3. The van der Waals surface area contributed by atoms with E-state index in [0.717, 1.165) is 22.5 Å². The summed E-state index contributed by atoms with van der Waals surface area (Å²) in [6, 6.07) is 18.4. The van der Waals surface area contributed by atoms with Crippen molar-refractivity contribution in [3.8, 4) is 17.2 Å². The highest BCUT2D eigenvalue weighted by atomic mass is 32.1. The number of Topliss-reactive ketones (excluding diaryl/α,β-unsaturated/α-hetero) is 1. The van der Waals surface area contributed by atoms with E-state index >= 15 is 0 Å². The minimum absolute atomic E-state index is 0.101. The Kier molecular flexibility index (Phi) is 8.68. The monoisotopic (exact) mass is 614 g/mol. The minimum atomic E-state index is -1.09. The van der Waals surface area contributed by atoms with E-state index in [-0.39, 0.29) is 21.3 Å². The highest BCUT2D eigenvalue weighted by Gasteiger charge is 2.48. The Morgan fingerprint density at radius 3 is 2.34 bits per heavy atom. The number of benzene rings is 3. The molecule has 44 heavy (non-hydrogen) atoms. The summed E-state index contributed by atoms with van der Waals surface area (Å²) < 4.78 is 21.6. The number of ether oxygens (including phenoxy) is 4. The molecule has 0 aliphatic carbocycles. The molecule has 1 N–H and O–H groups in total. The minimum Gasteiger partial charge on any atom is -0.507 e. The number of aliphatic hydroxyl groups excluding tert-OH is 1. The van der Waals surface area contributed by atoms with Crippen LogP contribution in [-0.4, -0.2) is 49.1 Å². The molecule has 1 fully saturated rings. The number of aliphatic hydroxyl groups is 1. The average Bonchev–Trinajstić information content (AvgIpc) is 3.55. The third-order valence-electron chi connectivity index (χ3n) is 7.15. The number of hydrogen-bond donors (Lipinski definition) is 1. The van der Waals surface area contributed by atoms with E-state index in [2.05, 4.69) is 4.98 Å². The van der Waals surface area contributed by atoms with Crippen LogP contribution in [0.3, 0.4) is 0 Å². The van der Waals surface area contributed by atoms with E-state index in [4.69, 9.17) is 18.9 Å². The highest BCUT2D eigenvalue weighted by molar-refractivity contribution is 7.17. The molecule has 4 aromatic rings. The van der Waals surface area contributed by atoms with Crippen LogP contribution >= 0.6 is 11.3 Å². The van der Waals surface area contributed by atoms with Crippen molar-refractivity contribution >= 4 is 39.9 Å². The molecule has 1 aliphatic rings. The lowest BCUT2D eigenvalue weighted by Gasteiger charge is -2.23. The molecule has 0 saturated carbocycles. The molecule has 10 nitrogen and oxygen atoms in total. The van der Waals surface area contributed by atoms with Crippen LogP contribution in [0, 0.1) is 13.8 Å². The molecule has 1 unspecified atom stereocenters. The lowest BCUT2D eigenvalue weighted by atomic mass is 9.95. The van der Waals surface area contributed by atoms with E-state index in [1.165, 1.54) is 26.2 Å². The number of nitrogens with zero attached hydrogens (tertiary/aromatic N) is 2. The second kappa shape index (κ2) is 12.6. The molecule has 1 aliphatic heterocycles. The quantitative estimate of drug-likeness (QED) is 0.108. The summed E-state index contributed by atoms with van der Waals surface area (Å²) in [5.41, 5.74) is 3.09. The molecular formula is C33H30N2O8S. The fraction of sp³-hybridized carbons (Fsp3) is 0.212. The number of carbonyl (C=O) groups is 3. The molecule has 0 bridgehead atoms. The van der Waals surface area contributed by atoms with Crippen molar-refractivity contribution in [2.24, 2.45) is 0 Å². The maximum atomic E-state index is 13.6. The van der Waals surface area contributed by atoms with Crippen molar-refractivity contribution in [3.63, 3.8) is 0 Å². The lowest BCUT2D eigenvalue weighted by Crippen LogP contribution is -2.29. The van der Waals surface area contributed by atoms with Gasteiger partial charge in [0.25, 0.3) is 5.78 Å². The molecule has 1 saturated heterocycles. The van der Waals surface area contributed by atoms with Crippen LogP contribution in [0.2, 0.25) is 0 Å². The van der Waals surface area contributed by atoms with Gasteiger partial charge in [-0.1, -0.05) is 47.2 Å². The lowest BCUT2D eigenvalue weighted by molar-refractivity contribution is -0.132. The van der Waals surface area contributed by atoms with Crippen molar-refractivity contribution < 1.29 is 38.4 Å². The van der Waals surface area contributed by atoms with Crippen LogP contribution in [0.1, 0.15) is 43.7 Å². The van der Waals surface area contributed by atoms with E-state index in [1.54, 1.807) is 49.4 Å². The normalized spacial score (nSPS) is 15.8. The first-order valence-corrected chi connectivity index (χ1v) is 14.4. The Labute approximate surface area is 258 Å². The van der Waals surface area contributed by atoms with Crippen molar-refractivity contribution in [2.45, 2.75) is 26.5 Å². The first-order chi connectivity index (χ1) is 21.2. The van der Waals surface area contributed by atoms with Crippen LogP contribution in [0.4, 0.5) is 5.13 Å². The Hall–Kier alpha value is -5.16. The summed E-state index contributed by atoms with van der Waals surface area (Å²) in [6.07, 6.45) is 0. The maximum Gasteiger partial charge on any atom is 0.350 e.